The lowest BCUT2D eigenvalue weighted by atomic mass is 10.1. The molecule has 2 aromatic carbocycles. The van der Waals surface area contributed by atoms with Gasteiger partial charge in [-0.25, -0.2) is 0 Å². The minimum Gasteiger partial charge on any atom is -0.484 e. The molecule has 0 aliphatic heterocycles. The average Bonchev–Trinajstić information content (AvgIpc) is 2.55. The molecule has 5 heteroatoms. The Kier molecular flexibility index (Phi) is 5.58. The molecule has 0 bridgehead atoms. The lowest BCUT2D eigenvalue weighted by molar-refractivity contribution is -0.119. The van der Waals surface area contributed by atoms with Crippen molar-refractivity contribution in [3.63, 3.8) is 0 Å². The van der Waals surface area contributed by atoms with E-state index in [0.29, 0.717) is 17.9 Å². The molecule has 0 aromatic heterocycles. The number of nitrogens with two attached hydrogens (primary N) is 1. The molecule has 0 spiro atoms. The van der Waals surface area contributed by atoms with Crippen molar-refractivity contribution in [1.82, 2.24) is 4.90 Å². The third kappa shape index (κ3) is 4.59. The Labute approximate surface area is 142 Å². The fourth-order valence-electron chi connectivity index (χ4n) is 2.42. The Hall–Kier alpha value is -2.82. The predicted octanol–water partition coefficient (Wildman–Crippen LogP) is 2.44. The van der Waals surface area contributed by atoms with E-state index in [0.717, 1.165) is 5.56 Å². The number of primary amides is 1. The highest BCUT2D eigenvalue weighted by molar-refractivity contribution is 5.94. The van der Waals surface area contributed by atoms with Gasteiger partial charge in [0.1, 0.15) is 5.75 Å². The first-order valence-corrected chi connectivity index (χ1v) is 7.69. The normalized spacial score (nSPS) is 10.3. The second-order valence-electron chi connectivity index (χ2n) is 5.87. The summed E-state index contributed by atoms with van der Waals surface area (Å²) in [4.78, 5) is 24.9. The molecule has 2 amide bonds. The third-order valence-electron chi connectivity index (χ3n) is 3.73. The van der Waals surface area contributed by atoms with Crippen molar-refractivity contribution >= 4 is 11.8 Å². The number of nitrogens with zero attached hydrogens (tertiary/aromatic N) is 1. The Morgan fingerprint density at radius 2 is 1.75 bits per heavy atom. The molecule has 0 saturated heterocycles. The van der Waals surface area contributed by atoms with Gasteiger partial charge in [-0.2, -0.15) is 0 Å². The second-order valence-corrected chi connectivity index (χ2v) is 5.87. The van der Waals surface area contributed by atoms with Crippen LogP contribution in [0, 0.1) is 13.8 Å². The van der Waals surface area contributed by atoms with Crippen molar-refractivity contribution in [2.45, 2.75) is 20.4 Å². The van der Waals surface area contributed by atoms with Gasteiger partial charge < -0.3 is 15.4 Å². The van der Waals surface area contributed by atoms with E-state index in [1.807, 2.05) is 19.9 Å². The van der Waals surface area contributed by atoms with E-state index >= 15 is 0 Å². The van der Waals surface area contributed by atoms with Crippen LogP contribution in [0.5, 0.6) is 5.75 Å². The predicted molar refractivity (Wildman–Crippen MR) is 92.8 cm³/mol. The maximum atomic E-state index is 12.5. The Balaban J connectivity index is 2.03. The molecular weight excluding hydrogens is 304 g/mol. The summed E-state index contributed by atoms with van der Waals surface area (Å²) in [6, 6.07) is 12.9. The molecule has 0 atom stereocenters. The van der Waals surface area contributed by atoms with Gasteiger partial charge in [0, 0.05) is 19.2 Å². The Morgan fingerprint density at radius 1 is 1.08 bits per heavy atom. The van der Waals surface area contributed by atoms with Crippen molar-refractivity contribution < 1.29 is 14.3 Å². The van der Waals surface area contributed by atoms with Crippen LogP contribution in [0.1, 0.15) is 27.0 Å². The van der Waals surface area contributed by atoms with Gasteiger partial charge in [0.25, 0.3) is 11.8 Å². The van der Waals surface area contributed by atoms with Crippen molar-refractivity contribution in [3.05, 3.63) is 64.7 Å². The van der Waals surface area contributed by atoms with Crippen LogP contribution >= 0.6 is 0 Å². The van der Waals surface area contributed by atoms with Crippen LogP contribution in [0.25, 0.3) is 0 Å². The van der Waals surface area contributed by atoms with Gasteiger partial charge in [-0.3, -0.25) is 9.59 Å². The van der Waals surface area contributed by atoms with Gasteiger partial charge in [-0.15, -0.1) is 0 Å². The number of hydrogen-bond acceptors (Lipinski definition) is 3. The van der Waals surface area contributed by atoms with Crippen molar-refractivity contribution in [1.29, 1.82) is 0 Å². The number of amides is 2. The van der Waals surface area contributed by atoms with Gasteiger partial charge in [-0.1, -0.05) is 23.8 Å². The standard InChI is InChI=1S/C19H22N2O3/c1-13-4-5-16(14(2)10-13)11-21(3)19(23)15-6-8-17(9-7-15)24-12-18(20)22/h4-10H,11-12H2,1-3H3,(H2,20,22). The van der Waals surface area contributed by atoms with Gasteiger partial charge in [0.2, 0.25) is 0 Å². The number of carbonyl (C=O) groups is 2. The average molecular weight is 326 g/mol. The molecular formula is C19H22N2O3. The van der Waals surface area contributed by atoms with E-state index in [1.165, 1.54) is 11.1 Å². The first kappa shape index (κ1) is 17.5. The van der Waals surface area contributed by atoms with Gasteiger partial charge in [-0.05, 0) is 49.2 Å². The molecule has 2 aromatic rings. The van der Waals surface area contributed by atoms with E-state index in [2.05, 4.69) is 12.1 Å². The fraction of sp³-hybridized carbons (Fsp3) is 0.263. The van der Waals surface area contributed by atoms with Crippen LogP contribution in [0.2, 0.25) is 0 Å². The maximum absolute atomic E-state index is 12.5. The summed E-state index contributed by atoms with van der Waals surface area (Å²) >= 11 is 0. The molecule has 0 unspecified atom stereocenters. The SMILES string of the molecule is Cc1ccc(CN(C)C(=O)c2ccc(OCC(N)=O)cc2)c(C)c1. The van der Waals surface area contributed by atoms with Crippen molar-refractivity contribution in [2.75, 3.05) is 13.7 Å². The smallest absolute Gasteiger partial charge is 0.255 e. The van der Waals surface area contributed by atoms with Gasteiger partial charge in [0.05, 0.1) is 0 Å². The summed E-state index contributed by atoms with van der Waals surface area (Å²) in [6.07, 6.45) is 0. The minimum atomic E-state index is -0.539. The van der Waals surface area contributed by atoms with Gasteiger partial charge >= 0.3 is 0 Å². The van der Waals surface area contributed by atoms with Crippen LogP contribution in [0.15, 0.2) is 42.5 Å². The van der Waals surface area contributed by atoms with E-state index in [4.69, 9.17) is 10.5 Å². The van der Waals surface area contributed by atoms with Crippen molar-refractivity contribution in [3.8, 4) is 5.75 Å². The first-order valence-electron chi connectivity index (χ1n) is 7.69. The Bertz CT molecular complexity index is 739. The molecule has 0 saturated carbocycles. The number of carbonyl (C=O) groups excluding carboxylic acids is 2. The molecule has 24 heavy (non-hydrogen) atoms. The minimum absolute atomic E-state index is 0.0728. The fourth-order valence-corrected chi connectivity index (χ4v) is 2.42. The number of aryl methyl sites for hydroxylation is 2. The van der Waals surface area contributed by atoms with Crippen LogP contribution < -0.4 is 10.5 Å². The summed E-state index contributed by atoms with van der Waals surface area (Å²) in [5.41, 5.74) is 9.09. The zero-order valence-corrected chi connectivity index (χ0v) is 14.2. The van der Waals surface area contributed by atoms with E-state index < -0.39 is 5.91 Å². The summed E-state index contributed by atoms with van der Waals surface area (Å²) in [5.74, 6) is -0.109. The highest BCUT2D eigenvalue weighted by atomic mass is 16.5. The largest absolute Gasteiger partial charge is 0.484 e. The van der Waals surface area contributed by atoms with Crippen LogP contribution in [-0.2, 0) is 11.3 Å². The van der Waals surface area contributed by atoms with Crippen LogP contribution in [-0.4, -0.2) is 30.4 Å². The topological polar surface area (TPSA) is 72.6 Å². The number of rotatable bonds is 6. The molecule has 2 rings (SSSR count). The first-order chi connectivity index (χ1) is 11.4. The van der Waals surface area contributed by atoms with Crippen molar-refractivity contribution in [2.24, 2.45) is 5.73 Å². The number of hydrogen-bond donors (Lipinski definition) is 1. The zero-order valence-electron chi connectivity index (χ0n) is 14.2. The quantitative estimate of drug-likeness (QED) is 0.886. The highest BCUT2D eigenvalue weighted by Crippen LogP contribution is 2.16. The summed E-state index contributed by atoms with van der Waals surface area (Å²) in [6.45, 7) is 4.46. The molecule has 0 aliphatic rings. The van der Waals surface area contributed by atoms with E-state index in [1.54, 1.807) is 36.2 Å². The number of ether oxygens (including phenoxy) is 1. The van der Waals surface area contributed by atoms with Crippen LogP contribution in [0.3, 0.4) is 0 Å². The van der Waals surface area contributed by atoms with E-state index in [9.17, 15) is 9.59 Å². The lowest BCUT2D eigenvalue weighted by Crippen LogP contribution is -2.26. The summed E-state index contributed by atoms with van der Waals surface area (Å²) < 4.78 is 5.19. The van der Waals surface area contributed by atoms with Crippen LogP contribution in [0.4, 0.5) is 0 Å². The number of benzene rings is 2. The molecule has 0 heterocycles. The van der Waals surface area contributed by atoms with E-state index in [-0.39, 0.29) is 12.5 Å². The van der Waals surface area contributed by atoms with Gasteiger partial charge in [0.15, 0.2) is 6.61 Å². The zero-order chi connectivity index (χ0) is 17.7. The molecule has 0 aliphatic carbocycles. The summed E-state index contributed by atoms with van der Waals surface area (Å²) in [7, 11) is 1.78. The second kappa shape index (κ2) is 7.64. The monoisotopic (exact) mass is 326 g/mol. The molecule has 0 fully saturated rings. The third-order valence-corrected chi connectivity index (χ3v) is 3.73. The molecule has 5 nitrogen and oxygen atoms in total. The lowest BCUT2D eigenvalue weighted by Gasteiger charge is -2.19. The summed E-state index contributed by atoms with van der Waals surface area (Å²) in [5, 5.41) is 0. The Morgan fingerprint density at radius 3 is 2.33 bits per heavy atom. The highest BCUT2D eigenvalue weighted by Gasteiger charge is 2.13. The molecule has 126 valence electrons. The molecule has 2 N–H and O–H groups in total. The molecule has 0 radical (unpaired) electrons. The maximum Gasteiger partial charge on any atom is 0.255 e.